The number of piperidine rings is 2. The number of amides is 1. The predicted octanol–water partition coefficient (Wildman–Crippen LogP) is 1.12. The minimum absolute atomic E-state index is 0.111. The molecule has 0 saturated carbocycles. The summed E-state index contributed by atoms with van der Waals surface area (Å²) < 4.78 is 5.70. The van der Waals surface area contributed by atoms with Crippen molar-refractivity contribution < 1.29 is 19.5 Å². The minimum atomic E-state index is -0.442. The van der Waals surface area contributed by atoms with Gasteiger partial charge in [-0.3, -0.25) is 4.79 Å². The number of carbonyl (C=O) groups is 1. The van der Waals surface area contributed by atoms with Crippen molar-refractivity contribution in [3.05, 3.63) is 29.8 Å². The zero-order valence-electron chi connectivity index (χ0n) is 15.1. The van der Waals surface area contributed by atoms with Gasteiger partial charge >= 0.3 is 0 Å². The van der Waals surface area contributed by atoms with Gasteiger partial charge in [-0.05, 0) is 62.8 Å². The highest BCUT2D eigenvalue weighted by molar-refractivity contribution is 5.94. The van der Waals surface area contributed by atoms with Gasteiger partial charge in [0.05, 0.1) is 13.1 Å². The molecule has 0 bridgehead atoms. The number of hydrogen-bond donors (Lipinski definition) is 2. The molecule has 2 aliphatic rings. The maximum Gasteiger partial charge on any atom is 0.253 e. The van der Waals surface area contributed by atoms with Crippen LogP contribution >= 0.6 is 0 Å². The van der Waals surface area contributed by atoms with Crippen molar-refractivity contribution >= 4 is 5.91 Å². The van der Waals surface area contributed by atoms with Crippen LogP contribution in [0.1, 0.15) is 48.9 Å². The third-order valence-corrected chi connectivity index (χ3v) is 5.27. The van der Waals surface area contributed by atoms with Crippen LogP contribution in [0.2, 0.25) is 0 Å². The van der Waals surface area contributed by atoms with E-state index < -0.39 is 6.10 Å². The Morgan fingerprint density at radius 1 is 1.04 bits per heavy atom. The van der Waals surface area contributed by atoms with Gasteiger partial charge in [0, 0.05) is 18.7 Å². The standard InChI is InChI=1S/C20H30N2O3/c23-18(15-21-11-3-1-4-12-21)16-25-19-9-7-17(8-10-19)20(24)22-13-5-2-6-14-22/h7-10,18,23H,1-6,11-16H2/p+1/t18-/m1/s1. The van der Waals surface area contributed by atoms with Crippen molar-refractivity contribution in [1.82, 2.24) is 4.90 Å². The predicted molar refractivity (Wildman–Crippen MR) is 97.1 cm³/mol. The van der Waals surface area contributed by atoms with Crippen LogP contribution in [-0.4, -0.2) is 61.3 Å². The largest absolute Gasteiger partial charge is 0.491 e. The summed E-state index contributed by atoms with van der Waals surface area (Å²) in [5.41, 5.74) is 0.715. The molecule has 2 heterocycles. The molecule has 1 aromatic carbocycles. The molecule has 2 aliphatic heterocycles. The van der Waals surface area contributed by atoms with E-state index in [1.165, 1.54) is 30.6 Å². The molecule has 2 fully saturated rings. The Morgan fingerprint density at radius 3 is 2.36 bits per heavy atom. The Balaban J connectivity index is 1.44. The Hall–Kier alpha value is -1.59. The maximum atomic E-state index is 12.4. The van der Waals surface area contributed by atoms with Crippen LogP contribution in [0.5, 0.6) is 5.75 Å². The van der Waals surface area contributed by atoms with Gasteiger partial charge in [0.15, 0.2) is 0 Å². The molecule has 0 aromatic heterocycles. The fourth-order valence-corrected chi connectivity index (χ4v) is 3.81. The second-order valence-corrected chi connectivity index (χ2v) is 7.36. The van der Waals surface area contributed by atoms with E-state index in [1.807, 2.05) is 29.2 Å². The second kappa shape index (κ2) is 9.20. The van der Waals surface area contributed by atoms with Crippen LogP contribution in [0.4, 0.5) is 0 Å². The third-order valence-electron chi connectivity index (χ3n) is 5.27. The van der Waals surface area contributed by atoms with Crippen LogP contribution < -0.4 is 9.64 Å². The average molecular weight is 347 g/mol. The lowest BCUT2D eigenvalue weighted by Crippen LogP contribution is -3.14. The second-order valence-electron chi connectivity index (χ2n) is 7.36. The van der Waals surface area contributed by atoms with E-state index in [0.717, 1.165) is 45.6 Å². The molecule has 5 nitrogen and oxygen atoms in total. The first-order chi connectivity index (χ1) is 12.2. The number of quaternary nitrogens is 1. The van der Waals surface area contributed by atoms with Crippen LogP contribution in [0, 0.1) is 0 Å². The molecule has 1 amide bonds. The summed E-state index contributed by atoms with van der Waals surface area (Å²) in [6.45, 7) is 5.10. The van der Waals surface area contributed by atoms with E-state index in [2.05, 4.69) is 0 Å². The van der Waals surface area contributed by atoms with Crippen LogP contribution in [0.3, 0.4) is 0 Å². The van der Waals surface area contributed by atoms with Crippen LogP contribution in [0.15, 0.2) is 24.3 Å². The molecule has 0 spiro atoms. The number of benzene rings is 1. The molecular weight excluding hydrogens is 316 g/mol. The van der Waals surface area contributed by atoms with Crippen molar-refractivity contribution in [2.24, 2.45) is 0 Å². The van der Waals surface area contributed by atoms with Gasteiger partial charge in [0.2, 0.25) is 0 Å². The average Bonchev–Trinajstić information content (AvgIpc) is 2.68. The van der Waals surface area contributed by atoms with Crippen LogP contribution in [0.25, 0.3) is 0 Å². The molecule has 1 aromatic rings. The number of nitrogens with one attached hydrogen (secondary N) is 1. The zero-order valence-corrected chi connectivity index (χ0v) is 15.1. The molecule has 0 radical (unpaired) electrons. The first kappa shape index (κ1) is 18.2. The smallest absolute Gasteiger partial charge is 0.253 e. The van der Waals surface area contributed by atoms with Crippen molar-refractivity contribution in [3.8, 4) is 5.75 Å². The Labute approximate surface area is 150 Å². The quantitative estimate of drug-likeness (QED) is 0.811. The summed E-state index contributed by atoms with van der Waals surface area (Å²) in [6, 6.07) is 7.32. The normalized spacial score (nSPS) is 20.3. The van der Waals surface area contributed by atoms with E-state index >= 15 is 0 Å². The van der Waals surface area contributed by atoms with Crippen molar-refractivity contribution in [3.63, 3.8) is 0 Å². The number of likely N-dealkylation sites (tertiary alicyclic amines) is 2. The monoisotopic (exact) mass is 347 g/mol. The van der Waals surface area contributed by atoms with Crippen molar-refractivity contribution in [2.45, 2.75) is 44.6 Å². The molecule has 0 aliphatic carbocycles. The molecule has 3 rings (SSSR count). The van der Waals surface area contributed by atoms with Crippen molar-refractivity contribution in [1.29, 1.82) is 0 Å². The van der Waals surface area contributed by atoms with Crippen molar-refractivity contribution in [2.75, 3.05) is 39.3 Å². The summed E-state index contributed by atoms with van der Waals surface area (Å²) >= 11 is 0. The van der Waals surface area contributed by atoms with Crippen LogP contribution in [-0.2, 0) is 0 Å². The Morgan fingerprint density at radius 2 is 1.68 bits per heavy atom. The van der Waals surface area contributed by atoms with E-state index in [-0.39, 0.29) is 5.91 Å². The maximum absolute atomic E-state index is 12.4. The molecule has 2 saturated heterocycles. The number of rotatable bonds is 6. The first-order valence-electron chi connectivity index (χ1n) is 9.76. The molecule has 25 heavy (non-hydrogen) atoms. The number of carbonyl (C=O) groups excluding carboxylic acids is 1. The summed E-state index contributed by atoms with van der Waals surface area (Å²) in [4.78, 5) is 15.9. The number of aliphatic hydroxyl groups is 1. The summed E-state index contributed by atoms with van der Waals surface area (Å²) in [7, 11) is 0. The molecule has 2 N–H and O–H groups in total. The minimum Gasteiger partial charge on any atom is -0.491 e. The molecular formula is C20H31N2O3+. The number of ether oxygens (including phenoxy) is 1. The molecule has 0 unspecified atom stereocenters. The van der Waals surface area contributed by atoms with Gasteiger partial charge in [0.1, 0.15) is 25.0 Å². The Bertz CT molecular complexity index is 534. The zero-order chi connectivity index (χ0) is 17.5. The summed E-state index contributed by atoms with van der Waals surface area (Å²) in [6.07, 6.45) is 6.82. The Kier molecular flexibility index (Phi) is 6.70. The fraction of sp³-hybridized carbons (Fsp3) is 0.650. The molecule has 5 heteroatoms. The third kappa shape index (κ3) is 5.44. The lowest BCUT2D eigenvalue weighted by Gasteiger charge is -2.26. The highest BCUT2D eigenvalue weighted by atomic mass is 16.5. The molecule has 1 atom stereocenters. The topological polar surface area (TPSA) is 54.2 Å². The van der Waals surface area contributed by atoms with E-state index in [0.29, 0.717) is 17.9 Å². The lowest BCUT2D eigenvalue weighted by molar-refractivity contribution is -0.908. The van der Waals surface area contributed by atoms with E-state index in [9.17, 15) is 9.90 Å². The number of hydrogen-bond acceptors (Lipinski definition) is 3. The van der Waals surface area contributed by atoms with E-state index in [4.69, 9.17) is 4.74 Å². The van der Waals surface area contributed by atoms with E-state index in [1.54, 1.807) is 0 Å². The highest BCUT2D eigenvalue weighted by Gasteiger charge is 2.19. The fourth-order valence-electron chi connectivity index (χ4n) is 3.81. The van der Waals surface area contributed by atoms with Gasteiger partial charge in [0.25, 0.3) is 5.91 Å². The highest BCUT2D eigenvalue weighted by Crippen LogP contribution is 2.16. The van der Waals surface area contributed by atoms with Gasteiger partial charge in [-0.25, -0.2) is 0 Å². The van der Waals surface area contributed by atoms with Gasteiger partial charge in [-0.2, -0.15) is 0 Å². The summed E-state index contributed by atoms with van der Waals surface area (Å²) in [5, 5.41) is 10.2. The van der Waals surface area contributed by atoms with Gasteiger partial charge in [-0.1, -0.05) is 0 Å². The van der Waals surface area contributed by atoms with Gasteiger partial charge < -0.3 is 19.6 Å². The summed E-state index contributed by atoms with van der Waals surface area (Å²) in [5.74, 6) is 0.822. The first-order valence-corrected chi connectivity index (χ1v) is 9.76. The molecule has 138 valence electrons. The SMILES string of the molecule is O=C(c1ccc(OC[C@H](O)C[NH+]2CCCCC2)cc1)N1CCCCC1. The number of nitrogens with zero attached hydrogens (tertiary/aromatic N) is 1. The lowest BCUT2D eigenvalue weighted by atomic mass is 10.1. The number of aliphatic hydroxyl groups excluding tert-OH is 1. The van der Waals surface area contributed by atoms with Gasteiger partial charge in [-0.15, -0.1) is 0 Å².